The van der Waals surface area contributed by atoms with E-state index in [2.05, 4.69) is 0 Å². The largest absolute Gasteiger partial charge is 0.461 e. The van der Waals surface area contributed by atoms with Crippen molar-refractivity contribution in [3.63, 3.8) is 0 Å². The Morgan fingerprint density at radius 1 is 1.26 bits per heavy atom. The summed E-state index contributed by atoms with van der Waals surface area (Å²) >= 11 is 0. The molecule has 5 nitrogen and oxygen atoms in total. The third-order valence-electron chi connectivity index (χ3n) is 4.94. The van der Waals surface area contributed by atoms with Gasteiger partial charge in [0.15, 0.2) is 0 Å². The Hall–Kier alpha value is -2.17. The monoisotopic (exact) mass is 374 g/mol. The van der Waals surface area contributed by atoms with Gasteiger partial charge in [-0.2, -0.15) is 0 Å². The molecule has 1 heterocycles. The van der Waals surface area contributed by atoms with Crippen LogP contribution in [-0.2, 0) is 23.9 Å². The maximum atomic E-state index is 12.5. The summed E-state index contributed by atoms with van der Waals surface area (Å²) in [5.74, 6) is -0.866. The lowest BCUT2D eigenvalue weighted by atomic mass is 9.90. The molecule has 1 aliphatic carbocycles. The smallest absolute Gasteiger partial charge is 0.306 e. The number of fused-ring (bicyclic) bond motifs is 1. The molecular formula is C22H30O5. The lowest BCUT2D eigenvalue weighted by Gasteiger charge is -2.21. The fourth-order valence-corrected chi connectivity index (χ4v) is 3.61. The predicted molar refractivity (Wildman–Crippen MR) is 103 cm³/mol. The van der Waals surface area contributed by atoms with Crippen LogP contribution in [0.5, 0.6) is 0 Å². The number of ketones is 1. The maximum absolute atomic E-state index is 12.5. The van der Waals surface area contributed by atoms with Gasteiger partial charge in [-0.3, -0.25) is 14.4 Å². The normalized spacial score (nSPS) is 31.9. The molecule has 5 heteroatoms. The van der Waals surface area contributed by atoms with E-state index < -0.39 is 6.10 Å². The van der Waals surface area contributed by atoms with Gasteiger partial charge in [-0.05, 0) is 31.8 Å². The minimum atomic E-state index is -0.447. The van der Waals surface area contributed by atoms with Crippen LogP contribution in [0.4, 0.5) is 0 Å². The Bertz CT molecular complexity index is 616. The van der Waals surface area contributed by atoms with E-state index in [-0.39, 0.29) is 42.1 Å². The van der Waals surface area contributed by atoms with Crippen LogP contribution in [0.15, 0.2) is 36.5 Å². The molecule has 0 bridgehead atoms. The number of ether oxygens (including phenoxy) is 2. The summed E-state index contributed by atoms with van der Waals surface area (Å²) in [5.41, 5.74) is 0. The average molecular weight is 374 g/mol. The SMILES string of the molecule is CC/C=C\C[C@H]1/C=C/C2[C@H](OC(C)=O)CC(=O)[C@@H]2C/C=C\CCCC(=O)O1. The van der Waals surface area contributed by atoms with Crippen molar-refractivity contribution in [2.75, 3.05) is 0 Å². The highest BCUT2D eigenvalue weighted by Gasteiger charge is 2.42. The van der Waals surface area contributed by atoms with Crippen molar-refractivity contribution < 1.29 is 23.9 Å². The number of allylic oxidation sites excluding steroid dienone is 3. The Morgan fingerprint density at radius 3 is 2.81 bits per heavy atom. The van der Waals surface area contributed by atoms with Gasteiger partial charge in [-0.25, -0.2) is 0 Å². The summed E-state index contributed by atoms with van der Waals surface area (Å²) < 4.78 is 11.0. The standard InChI is InChI=1S/C22H30O5/c1-3-4-7-10-17-13-14-19-18(20(24)15-21(19)26-16(2)23)11-8-5-6-9-12-22(25)27-17/h4-5,7-8,13-14,17-19,21H,3,6,9-12,15H2,1-2H3/b7-4-,8-5-,14-13+/t17-,18+,19?,21+/m0/s1. The number of Topliss-reactive ketones (excluding diaryl/α,β-unsaturated/α-hetero) is 1. The van der Waals surface area contributed by atoms with Gasteiger partial charge < -0.3 is 9.47 Å². The van der Waals surface area contributed by atoms with E-state index in [0.717, 1.165) is 19.3 Å². The van der Waals surface area contributed by atoms with Crippen molar-refractivity contribution in [1.82, 2.24) is 0 Å². The summed E-state index contributed by atoms with van der Waals surface area (Å²) in [7, 11) is 0. The van der Waals surface area contributed by atoms with Crippen LogP contribution in [-0.4, -0.2) is 29.9 Å². The van der Waals surface area contributed by atoms with E-state index in [1.165, 1.54) is 6.92 Å². The molecule has 0 aromatic rings. The van der Waals surface area contributed by atoms with Gasteiger partial charge >= 0.3 is 11.9 Å². The summed E-state index contributed by atoms with van der Waals surface area (Å²) in [5, 5.41) is 0. The zero-order chi connectivity index (χ0) is 19.6. The molecule has 4 atom stereocenters. The topological polar surface area (TPSA) is 69.7 Å². The number of rotatable bonds is 4. The van der Waals surface area contributed by atoms with E-state index >= 15 is 0 Å². The molecular weight excluding hydrogens is 344 g/mol. The molecule has 2 aliphatic rings. The maximum Gasteiger partial charge on any atom is 0.306 e. The third kappa shape index (κ3) is 6.81. The van der Waals surface area contributed by atoms with Crippen LogP contribution in [0.25, 0.3) is 0 Å². The molecule has 0 aromatic heterocycles. The first-order valence-electron chi connectivity index (χ1n) is 9.89. The Kier molecular flexibility index (Phi) is 8.49. The summed E-state index contributed by atoms with van der Waals surface area (Å²) in [4.78, 5) is 36.0. The second-order valence-electron chi connectivity index (χ2n) is 7.13. The number of hydrogen-bond acceptors (Lipinski definition) is 5. The van der Waals surface area contributed by atoms with Crippen molar-refractivity contribution in [3.8, 4) is 0 Å². The fourth-order valence-electron chi connectivity index (χ4n) is 3.61. The quantitative estimate of drug-likeness (QED) is 0.548. The van der Waals surface area contributed by atoms with Crippen LogP contribution in [0.3, 0.4) is 0 Å². The van der Waals surface area contributed by atoms with Gasteiger partial charge in [-0.1, -0.05) is 37.3 Å². The van der Waals surface area contributed by atoms with E-state index in [4.69, 9.17) is 9.47 Å². The Balaban J connectivity index is 2.24. The van der Waals surface area contributed by atoms with E-state index in [9.17, 15) is 14.4 Å². The first-order valence-corrected chi connectivity index (χ1v) is 9.89. The Morgan fingerprint density at radius 2 is 2.07 bits per heavy atom. The molecule has 27 heavy (non-hydrogen) atoms. The van der Waals surface area contributed by atoms with Crippen LogP contribution < -0.4 is 0 Å². The second-order valence-corrected chi connectivity index (χ2v) is 7.13. The molecule has 0 spiro atoms. The number of esters is 2. The highest BCUT2D eigenvalue weighted by Crippen LogP contribution is 2.35. The van der Waals surface area contributed by atoms with Gasteiger partial charge in [0.05, 0.1) is 0 Å². The molecule has 0 aromatic carbocycles. The van der Waals surface area contributed by atoms with Crippen LogP contribution in [0.1, 0.15) is 58.8 Å². The number of hydrogen-bond donors (Lipinski definition) is 0. The van der Waals surface area contributed by atoms with Crippen molar-refractivity contribution in [3.05, 3.63) is 36.5 Å². The van der Waals surface area contributed by atoms with Crippen molar-refractivity contribution in [2.45, 2.75) is 71.0 Å². The lowest BCUT2D eigenvalue weighted by Crippen LogP contribution is -2.24. The fraction of sp³-hybridized carbons (Fsp3) is 0.591. The minimum absolute atomic E-state index is 0.120. The molecule has 1 saturated carbocycles. The van der Waals surface area contributed by atoms with E-state index in [1.807, 2.05) is 43.4 Å². The molecule has 1 fully saturated rings. The molecule has 0 radical (unpaired) electrons. The molecule has 0 saturated heterocycles. The molecule has 0 amide bonds. The predicted octanol–water partition coefficient (Wildman–Crippen LogP) is 4.08. The lowest BCUT2D eigenvalue weighted by molar-refractivity contribution is -0.147. The van der Waals surface area contributed by atoms with Gasteiger partial charge in [0.25, 0.3) is 0 Å². The van der Waals surface area contributed by atoms with Crippen molar-refractivity contribution in [2.24, 2.45) is 11.8 Å². The molecule has 1 unspecified atom stereocenters. The number of carbonyl (C=O) groups excluding carboxylic acids is 3. The van der Waals surface area contributed by atoms with Crippen LogP contribution in [0, 0.1) is 11.8 Å². The van der Waals surface area contributed by atoms with Gasteiger partial charge in [-0.15, -0.1) is 0 Å². The molecule has 0 N–H and O–H groups in total. The van der Waals surface area contributed by atoms with Gasteiger partial charge in [0.1, 0.15) is 18.0 Å². The number of carbonyl (C=O) groups is 3. The first kappa shape index (κ1) is 21.1. The van der Waals surface area contributed by atoms with Crippen molar-refractivity contribution >= 4 is 17.7 Å². The highest BCUT2D eigenvalue weighted by molar-refractivity contribution is 5.85. The zero-order valence-corrected chi connectivity index (χ0v) is 16.3. The van der Waals surface area contributed by atoms with Crippen molar-refractivity contribution in [1.29, 1.82) is 0 Å². The summed E-state index contributed by atoms with van der Waals surface area (Å²) in [6.45, 7) is 3.41. The van der Waals surface area contributed by atoms with Crippen LogP contribution >= 0.6 is 0 Å². The zero-order valence-electron chi connectivity index (χ0n) is 16.3. The molecule has 148 valence electrons. The van der Waals surface area contributed by atoms with Crippen LogP contribution in [0.2, 0.25) is 0 Å². The Labute approximate surface area is 161 Å². The second kappa shape index (κ2) is 10.9. The molecule has 1 aliphatic heterocycles. The first-order chi connectivity index (χ1) is 13.0. The summed E-state index contributed by atoms with van der Waals surface area (Å²) in [6.07, 6.45) is 15.3. The van der Waals surface area contributed by atoms with E-state index in [1.54, 1.807) is 0 Å². The average Bonchev–Trinajstić information content (AvgIpc) is 2.89. The minimum Gasteiger partial charge on any atom is -0.461 e. The van der Waals surface area contributed by atoms with Gasteiger partial charge in [0, 0.05) is 38.0 Å². The number of cyclic esters (lactones) is 1. The molecule has 2 rings (SSSR count). The highest BCUT2D eigenvalue weighted by atomic mass is 16.5. The third-order valence-corrected chi connectivity index (χ3v) is 4.94. The van der Waals surface area contributed by atoms with Gasteiger partial charge in [0.2, 0.25) is 0 Å². The summed E-state index contributed by atoms with van der Waals surface area (Å²) in [6, 6.07) is 0. The van der Waals surface area contributed by atoms with E-state index in [0.29, 0.717) is 19.3 Å².